The number of allylic oxidation sites excluding steroid dienone is 8. The minimum atomic E-state index is -4.96. The third-order valence-corrected chi connectivity index (χ3v) is 5.15. The topological polar surface area (TPSA) is 65.4 Å². The van der Waals surface area contributed by atoms with Crippen LogP contribution in [0.25, 0.3) is 11.1 Å². The maximum absolute atomic E-state index is 14.6. The fourth-order valence-corrected chi connectivity index (χ4v) is 3.64. The van der Waals surface area contributed by atoms with E-state index in [0.717, 1.165) is 6.92 Å². The first-order valence-electron chi connectivity index (χ1n) is 9.22. The first kappa shape index (κ1) is 24.3. The van der Waals surface area contributed by atoms with E-state index in [1.807, 2.05) is 0 Å². The SMILES string of the molecule is C=NN(/C(=C(\C)c1onc(C2=C(F)CC=CC=C2Cl)c1C#N)C(F)(F)F)c1cccc(Cl)c1. The summed E-state index contributed by atoms with van der Waals surface area (Å²) in [5.41, 5.74) is -2.81. The third-order valence-electron chi connectivity index (χ3n) is 4.60. The fraction of sp³-hybridized carbons (Fsp3) is 0.136. The van der Waals surface area contributed by atoms with E-state index >= 15 is 0 Å². The molecular weight excluding hydrogens is 483 g/mol. The highest BCUT2D eigenvalue weighted by atomic mass is 35.5. The molecule has 1 heterocycles. The molecule has 0 saturated heterocycles. The van der Waals surface area contributed by atoms with Gasteiger partial charge in [-0.15, -0.1) is 0 Å². The molecule has 1 aliphatic carbocycles. The predicted molar refractivity (Wildman–Crippen MR) is 119 cm³/mol. The van der Waals surface area contributed by atoms with Crippen LogP contribution in [0.5, 0.6) is 0 Å². The summed E-state index contributed by atoms with van der Waals surface area (Å²) in [7, 11) is 0. The Morgan fingerprint density at radius 2 is 2.06 bits per heavy atom. The predicted octanol–water partition coefficient (Wildman–Crippen LogP) is 7.38. The zero-order chi connectivity index (χ0) is 24.3. The van der Waals surface area contributed by atoms with Crippen LogP contribution in [0.15, 0.2) is 68.7 Å². The Hall–Kier alpha value is -3.35. The molecule has 2 aromatic rings. The van der Waals surface area contributed by atoms with Gasteiger partial charge in [0.1, 0.15) is 23.2 Å². The van der Waals surface area contributed by atoms with Crippen LogP contribution < -0.4 is 5.01 Å². The lowest BCUT2D eigenvalue weighted by molar-refractivity contribution is -0.0928. The van der Waals surface area contributed by atoms with Gasteiger partial charge in [-0.2, -0.15) is 23.5 Å². The number of rotatable bonds is 5. The van der Waals surface area contributed by atoms with E-state index in [9.17, 15) is 22.8 Å². The Bertz CT molecular complexity index is 1270. The largest absolute Gasteiger partial charge is 0.433 e. The number of alkyl halides is 3. The lowest BCUT2D eigenvalue weighted by Crippen LogP contribution is -2.29. The maximum atomic E-state index is 14.6. The maximum Gasteiger partial charge on any atom is 0.433 e. The molecule has 0 bridgehead atoms. The molecule has 33 heavy (non-hydrogen) atoms. The van der Waals surface area contributed by atoms with Crippen LogP contribution in [-0.2, 0) is 0 Å². The molecule has 0 spiro atoms. The minimum absolute atomic E-state index is 0.0306. The van der Waals surface area contributed by atoms with E-state index in [1.165, 1.54) is 42.5 Å². The fourth-order valence-electron chi connectivity index (χ4n) is 3.19. The second-order valence-electron chi connectivity index (χ2n) is 6.68. The van der Waals surface area contributed by atoms with Crippen LogP contribution >= 0.6 is 23.2 Å². The summed E-state index contributed by atoms with van der Waals surface area (Å²) in [6, 6.07) is 7.27. The molecule has 170 valence electrons. The smallest absolute Gasteiger partial charge is 0.354 e. The molecule has 5 nitrogen and oxygen atoms in total. The van der Waals surface area contributed by atoms with Crippen LogP contribution in [0.2, 0.25) is 5.02 Å². The van der Waals surface area contributed by atoms with Crippen LogP contribution in [0.3, 0.4) is 0 Å². The Balaban J connectivity index is 2.26. The monoisotopic (exact) mass is 496 g/mol. The Labute approximate surface area is 196 Å². The second-order valence-corrected chi connectivity index (χ2v) is 7.52. The van der Waals surface area contributed by atoms with Crippen molar-refractivity contribution in [2.45, 2.75) is 19.5 Å². The highest BCUT2D eigenvalue weighted by Gasteiger charge is 2.42. The molecule has 3 rings (SSSR count). The van der Waals surface area contributed by atoms with Gasteiger partial charge >= 0.3 is 6.18 Å². The molecule has 0 saturated carbocycles. The van der Waals surface area contributed by atoms with Crippen molar-refractivity contribution in [3.8, 4) is 6.07 Å². The number of anilines is 1. The van der Waals surface area contributed by atoms with Crippen molar-refractivity contribution in [2.24, 2.45) is 5.10 Å². The summed E-state index contributed by atoms with van der Waals surface area (Å²) in [4.78, 5) is 0. The Kier molecular flexibility index (Phi) is 7.10. The van der Waals surface area contributed by atoms with Gasteiger partial charge in [0.2, 0.25) is 0 Å². The molecule has 0 unspecified atom stereocenters. The number of nitriles is 1. The van der Waals surface area contributed by atoms with Crippen molar-refractivity contribution >= 4 is 46.8 Å². The van der Waals surface area contributed by atoms with Crippen LogP contribution in [-0.4, -0.2) is 18.1 Å². The van der Waals surface area contributed by atoms with Gasteiger partial charge in [-0.05, 0) is 31.2 Å². The number of aromatic nitrogens is 1. The third kappa shape index (κ3) is 4.87. The van der Waals surface area contributed by atoms with Crippen molar-refractivity contribution in [2.75, 3.05) is 5.01 Å². The summed E-state index contributed by atoms with van der Waals surface area (Å²) < 4.78 is 62.3. The lowest BCUT2D eigenvalue weighted by atomic mass is 10.0. The van der Waals surface area contributed by atoms with Crippen molar-refractivity contribution < 1.29 is 22.1 Å². The Morgan fingerprint density at radius 3 is 2.67 bits per heavy atom. The first-order valence-corrected chi connectivity index (χ1v) is 9.98. The average molecular weight is 497 g/mol. The normalized spacial score (nSPS) is 14.9. The van der Waals surface area contributed by atoms with E-state index in [4.69, 9.17) is 27.7 Å². The summed E-state index contributed by atoms with van der Waals surface area (Å²) in [5, 5.41) is 17.5. The van der Waals surface area contributed by atoms with Gasteiger partial charge in [-0.1, -0.05) is 46.6 Å². The van der Waals surface area contributed by atoms with E-state index in [0.29, 0.717) is 5.01 Å². The summed E-state index contributed by atoms with van der Waals surface area (Å²) in [6.07, 6.45) is -0.718. The number of benzene rings is 1. The van der Waals surface area contributed by atoms with Gasteiger partial charge < -0.3 is 4.52 Å². The average Bonchev–Trinajstić information content (AvgIpc) is 3.09. The molecule has 1 aliphatic rings. The number of hydrazone groups is 1. The molecule has 0 N–H and O–H groups in total. The molecule has 0 amide bonds. The highest BCUT2D eigenvalue weighted by Crippen LogP contribution is 2.41. The van der Waals surface area contributed by atoms with Gasteiger partial charge in [0.25, 0.3) is 0 Å². The van der Waals surface area contributed by atoms with Crippen molar-refractivity contribution in [3.05, 3.63) is 81.1 Å². The molecule has 0 atom stereocenters. The zero-order valence-corrected chi connectivity index (χ0v) is 18.4. The van der Waals surface area contributed by atoms with Crippen LogP contribution in [0, 0.1) is 11.3 Å². The second kappa shape index (κ2) is 9.65. The van der Waals surface area contributed by atoms with Gasteiger partial charge in [0, 0.05) is 23.7 Å². The number of hydrogen-bond donors (Lipinski definition) is 0. The van der Waals surface area contributed by atoms with E-state index < -0.39 is 34.6 Å². The molecular formula is C22H14Cl2F4N4O. The molecule has 11 heteroatoms. The number of hydrogen-bond acceptors (Lipinski definition) is 5. The Morgan fingerprint density at radius 1 is 1.33 bits per heavy atom. The van der Waals surface area contributed by atoms with Crippen LogP contribution in [0.4, 0.5) is 23.2 Å². The molecule has 0 radical (unpaired) electrons. The first-order chi connectivity index (χ1) is 15.6. The van der Waals surface area contributed by atoms with Gasteiger partial charge in [-0.3, -0.25) is 0 Å². The number of halogens is 6. The van der Waals surface area contributed by atoms with Crippen molar-refractivity contribution in [1.82, 2.24) is 5.16 Å². The molecule has 0 aliphatic heterocycles. The molecule has 1 aromatic heterocycles. The number of nitrogens with zero attached hydrogens (tertiary/aromatic N) is 4. The van der Waals surface area contributed by atoms with E-state index in [-0.39, 0.29) is 33.4 Å². The summed E-state index contributed by atoms with van der Waals surface area (Å²) in [6.45, 7) is 4.30. The van der Waals surface area contributed by atoms with E-state index in [2.05, 4.69) is 17.0 Å². The lowest BCUT2D eigenvalue weighted by Gasteiger charge is -2.25. The van der Waals surface area contributed by atoms with Crippen LogP contribution in [0.1, 0.15) is 30.4 Å². The van der Waals surface area contributed by atoms with E-state index in [1.54, 1.807) is 6.07 Å². The summed E-state index contributed by atoms with van der Waals surface area (Å²) in [5.74, 6) is -1.23. The summed E-state index contributed by atoms with van der Waals surface area (Å²) >= 11 is 12.0. The minimum Gasteiger partial charge on any atom is -0.354 e. The highest BCUT2D eigenvalue weighted by molar-refractivity contribution is 6.37. The van der Waals surface area contributed by atoms with Gasteiger partial charge in [0.15, 0.2) is 11.5 Å². The van der Waals surface area contributed by atoms with Gasteiger partial charge in [-0.25, -0.2) is 9.40 Å². The van der Waals surface area contributed by atoms with Gasteiger partial charge in [0.05, 0.1) is 16.3 Å². The zero-order valence-electron chi connectivity index (χ0n) is 16.9. The molecule has 1 aromatic carbocycles. The van der Waals surface area contributed by atoms with Crippen molar-refractivity contribution in [1.29, 1.82) is 5.26 Å². The van der Waals surface area contributed by atoms with Crippen molar-refractivity contribution in [3.63, 3.8) is 0 Å². The molecule has 0 fully saturated rings. The standard InChI is InChI=1S/C22H14Cl2F4N4O/c1-12(21(22(26,27)28)32(30-2)14-7-5-6-13(23)10-14)20-15(11-29)19(31-33-20)18-16(24)8-3-4-9-17(18)25/h3-8,10H,2,9H2,1H3/b21-12+. The quantitative estimate of drug-likeness (QED) is 0.246.